The lowest BCUT2D eigenvalue weighted by Gasteiger charge is -2.50. The molecule has 0 radical (unpaired) electrons. The zero-order valence-corrected chi connectivity index (χ0v) is 22.6. The molecular weight excluding hydrogens is 579 g/mol. The van der Waals surface area contributed by atoms with E-state index in [9.17, 15) is 54.5 Å². The summed E-state index contributed by atoms with van der Waals surface area (Å²) < 4.78 is 33.7. The largest absolute Gasteiger partial charge is 0.756 e. The molecule has 20 heteroatoms. The molecule has 0 bridgehead atoms. The van der Waals surface area contributed by atoms with E-state index in [1.165, 1.54) is 13.0 Å². The number of aliphatic hydroxyl groups excluding tert-OH is 5. The summed E-state index contributed by atoms with van der Waals surface area (Å²) in [5, 5.41) is 64.8. The molecule has 3 rings (SSSR count). The van der Waals surface area contributed by atoms with E-state index in [2.05, 4.69) is 10.3 Å². The van der Waals surface area contributed by atoms with Gasteiger partial charge < -0.3 is 65.4 Å². The summed E-state index contributed by atoms with van der Waals surface area (Å²) in [5.41, 5.74) is 4.47. The molecule has 0 aromatic carbocycles. The molecule has 2 fully saturated rings. The summed E-state index contributed by atoms with van der Waals surface area (Å²) in [6, 6.07) is 0.0384. The molecule has 2 aliphatic heterocycles. The number of aliphatic hydroxyl groups is 5. The molecule has 9 unspecified atom stereocenters. The van der Waals surface area contributed by atoms with Gasteiger partial charge in [-0.25, -0.2) is 4.79 Å². The number of anilines is 1. The predicted octanol–water partition coefficient (Wildman–Crippen LogP) is -5.96. The Morgan fingerprint density at radius 3 is 2.59 bits per heavy atom. The number of phosphoric acid groups is 1. The van der Waals surface area contributed by atoms with Crippen molar-refractivity contribution < 1.29 is 68.2 Å². The lowest BCUT2D eigenvalue weighted by molar-refractivity contribution is -0.375. The maximum atomic E-state index is 12.7. The highest BCUT2D eigenvalue weighted by Gasteiger charge is 2.53. The molecule has 2 saturated heterocycles. The molecule has 2 aliphatic rings. The van der Waals surface area contributed by atoms with E-state index >= 15 is 0 Å². The Bertz CT molecular complexity index is 1220. The van der Waals surface area contributed by atoms with Crippen molar-refractivity contribution in [1.29, 1.82) is 0 Å². The van der Waals surface area contributed by atoms with Crippen LogP contribution in [0.1, 0.15) is 26.5 Å². The molecule has 0 saturated carbocycles. The number of carboxylic acid groups (broad SMARTS) is 1. The monoisotopic (exact) mass is 610 g/mol. The number of nitrogens with two attached hydrogens (primary N) is 1. The fourth-order valence-electron chi connectivity index (χ4n) is 4.60. The number of phosphoric ester groups is 1. The SMILES string of the molecule is CC(=O)NC1C(C)CC(OP(=O)([O-])OCC2OC(n3ccc(N)nc3=O)C(O)C2O)(C(=O)[O-])OC1[C@H](O)[C@H](O)CO. The van der Waals surface area contributed by atoms with Crippen LogP contribution in [0.15, 0.2) is 17.1 Å². The van der Waals surface area contributed by atoms with Crippen molar-refractivity contribution in [1.82, 2.24) is 14.9 Å². The smallest absolute Gasteiger partial charge is 0.351 e. The van der Waals surface area contributed by atoms with Gasteiger partial charge in [0.05, 0.1) is 19.3 Å². The molecule has 232 valence electrons. The van der Waals surface area contributed by atoms with Gasteiger partial charge >= 0.3 is 5.69 Å². The molecule has 1 aromatic heterocycles. The first-order valence-electron chi connectivity index (χ1n) is 12.2. The summed E-state index contributed by atoms with van der Waals surface area (Å²) >= 11 is 0. The molecular formula is C21H31N4O15P-2. The summed E-state index contributed by atoms with van der Waals surface area (Å²) in [5.74, 6) is -7.09. The average Bonchev–Trinajstić information content (AvgIpc) is 3.16. The van der Waals surface area contributed by atoms with Crippen LogP contribution in [0, 0.1) is 5.92 Å². The Hall–Kier alpha value is -2.55. The van der Waals surface area contributed by atoms with Gasteiger partial charge in [0.25, 0.3) is 7.82 Å². The van der Waals surface area contributed by atoms with Crippen molar-refractivity contribution in [3.05, 3.63) is 22.7 Å². The summed E-state index contributed by atoms with van der Waals surface area (Å²) in [6.07, 6.45) is -12.0. The molecule has 8 N–H and O–H groups in total. The van der Waals surface area contributed by atoms with Gasteiger partial charge in [0.1, 0.15) is 48.4 Å². The third-order valence-electron chi connectivity index (χ3n) is 6.60. The van der Waals surface area contributed by atoms with Crippen molar-refractivity contribution in [3.8, 4) is 0 Å². The minimum absolute atomic E-state index is 0.131. The van der Waals surface area contributed by atoms with Crippen LogP contribution in [0.2, 0.25) is 0 Å². The van der Waals surface area contributed by atoms with Crippen LogP contribution in [0.3, 0.4) is 0 Å². The molecule has 41 heavy (non-hydrogen) atoms. The van der Waals surface area contributed by atoms with Crippen LogP contribution < -0.4 is 26.7 Å². The number of carbonyl (C=O) groups excluding carboxylic acids is 2. The normalized spacial score (nSPS) is 34.9. The summed E-state index contributed by atoms with van der Waals surface area (Å²) in [6.45, 7) is 0.440. The lowest BCUT2D eigenvalue weighted by atomic mass is 9.83. The first-order chi connectivity index (χ1) is 19.0. The van der Waals surface area contributed by atoms with E-state index in [1.807, 2.05) is 0 Å². The van der Waals surface area contributed by atoms with Crippen molar-refractivity contribution in [3.63, 3.8) is 0 Å². The first-order valence-corrected chi connectivity index (χ1v) is 13.6. The fraction of sp³-hybridized carbons (Fsp3) is 0.714. The summed E-state index contributed by atoms with van der Waals surface area (Å²) in [7, 11) is -5.69. The fourth-order valence-corrected chi connectivity index (χ4v) is 5.54. The first kappa shape index (κ1) is 33.0. The van der Waals surface area contributed by atoms with E-state index in [0.29, 0.717) is 0 Å². The number of nitrogens with one attached hydrogen (secondary N) is 1. The number of amides is 1. The number of carboxylic acids is 1. The van der Waals surface area contributed by atoms with Crippen LogP contribution in [0.25, 0.3) is 0 Å². The Morgan fingerprint density at radius 2 is 2.02 bits per heavy atom. The Kier molecular flexibility index (Phi) is 10.3. The topological polar surface area (TPSA) is 308 Å². The molecule has 1 aromatic rings. The van der Waals surface area contributed by atoms with Gasteiger partial charge in [-0.15, -0.1) is 0 Å². The zero-order chi connectivity index (χ0) is 30.9. The lowest BCUT2D eigenvalue weighted by Crippen LogP contribution is -2.67. The zero-order valence-electron chi connectivity index (χ0n) is 21.7. The standard InChI is InChI=1S/C21H33N4O15P/c1-8-5-21(19(32)33,39-17(13(8)23-9(2)27)14(29)10(28)6-26)40-41(35,36)37-7-11-15(30)16(31)18(38-11)25-4-3-12(22)24-20(25)34/h3-4,8,10-11,13-18,26,28-31H,5-7H2,1-2H3,(H,23,27)(H,32,33)(H,35,36)(H2,22,24,34)/p-2/t8?,10-,11?,13?,14-,15?,16?,17?,18?,21?/m1/s1. The maximum absolute atomic E-state index is 12.7. The van der Waals surface area contributed by atoms with Crippen LogP contribution in [-0.4, -0.2) is 109 Å². The number of aromatic nitrogens is 2. The van der Waals surface area contributed by atoms with Gasteiger partial charge in [-0.2, -0.15) is 4.98 Å². The Morgan fingerprint density at radius 1 is 1.37 bits per heavy atom. The second kappa shape index (κ2) is 12.8. The van der Waals surface area contributed by atoms with Gasteiger partial charge in [0.15, 0.2) is 6.23 Å². The van der Waals surface area contributed by atoms with Crippen LogP contribution in [0.4, 0.5) is 5.82 Å². The highest BCUT2D eigenvalue weighted by atomic mass is 31.2. The number of hydrogen-bond acceptors (Lipinski definition) is 17. The molecule has 11 atom stereocenters. The molecule has 0 aliphatic carbocycles. The minimum Gasteiger partial charge on any atom is -0.756 e. The van der Waals surface area contributed by atoms with Crippen LogP contribution in [-0.2, 0) is 32.7 Å². The molecule has 3 heterocycles. The number of nitrogens with zero attached hydrogens (tertiary/aromatic N) is 2. The maximum Gasteiger partial charge on any atom is 0.351 e. The number of aliphatic carboxylic acids is 1. The predicted molar refractivity (Wildman–Crippen MR) is 127 cm³/mol. The molecule has 0 spiro atoms. The van der Waals surface area contributed by atoms with Gasteiger partial charge in [0, 0.05) is 19.5 Å². The number of ether oxygens (including phenoxy) is 2. The van der Waals surface area contributed by atoms with E-state index in [4.69, 9.17) is 24.3 Å². The molecule has 1 amide bonds. The van der Waals surface area contributed by atoms with E-state index in [1.54, 1.807) is 0 Å². The van der Waals surface area contributed by atoms with Crippen LogP contribution in [0.5, 0.6) is 0 Å². The molecule has 19 nitrogen and oxygen atoms in total. The van der Waals surface area contributed by atoms with Crippen molar-refractivity contribution >= 4 is 25.5 Å². The average molecular weight is 610 g/mol. The van der Waals surface area contributed by atoms with Crippen molar-refractivity contribution in [2.24, 2.45) is 5.92 Å². The third-order valence-corrected chi connectivity index (χ3v) is 7.59. The number of carbonyl (C=O) groups is 2. The van der Waals surface area contributed by atoms with Gasteiger partial charge in [-0.1, -0.05) is 6.92 Å². The van der Waals surface area contributed by atoms with E-state index < -0.39 is 106 Å². The second-order valence-corrected chi connectivity index (χ2v) is 11.0. The number of rotatable bonds is 11. The highest BCUT2D eigenvalue weighted by molar-refractivity contribution is 7.45. The summed E-state index contributed by atoms with van der Waals surface area (Å²) in [4.78, 5) is 52.1. The van der Waals surface area contributed by atoms with Gasteiger partial charge in [-0.05, 0) is 12.0 Å². The number of nitrogen functional groups attached to an aromatic ring is 1. The Balaban J connectivity index is 1.79. The van der Waals surface area contributed by atoms with Gasteiger partial charge in [-0.3, -0.25) is 18.5 Å². The third kappa shape index (κ3) is 7.27. The number of hydrogen-bond donors (Lipinski definition) is 7. The highest BCUT2D eigenvalue weighted by Crippen LogP contribution is 2.49. The van der Waals surface area contributed by atoms with Gasteiger partial charge in [0.2, 0.25) is 11.7 Å². The quantitative estimate of drug-likeness (QED) is 0.115. The van der Waals surface area contributed by atoms with Crippen LogP contribution >= 0.6 is 7.82 Å². The van der Waals surface area contributed by atoms with E-state index in [0.717, 1.165) is 17.7 Å². The Labute approximate surface area is 231 Å². The second-order valence-electron chi connectivity index (χ2n) is 9.69. The van der Waals surface area contributed by atoms with Crippen molar-refractivity contribution in [2.45, 2.75) is 74.9 Å². The minimum atomic E-state index is -5.69. The van der Waals surface area contributed by atoms with Crippen molar-refractivity contribution in [2.75, 3.05) is 18.9 Å². The van der Waals surface area contributed by atoms with E-state index in [-0.39, 0.29) is 5.82 Å².